The number of hydrogen-bond donors (Lipinski definition) is 2. The van der Waals surface area contributed by atoms with Gasteiger partial charge in [0.25, 0.3) is 5.69 Å². The third-order valence-electron chi connectivity index (χ3n) is 3.09. The van der Waals surface area contributed by atoms with Crippen LogP contribution in [0.25, 0.3) is 0 Å². The Labute approximate surface area is 109 Å². The summed E-state index contributed by atoms with van der Waals surface area (Å²) in [5.74, 6) is -1.17. The molecule has 0 amide bonds. The van der Waals surface area contributed by atoms with Crippen LogP contribution in [0.15, 0.2) is 30.4 Å². The molecule has 100 valence electrons. The highest BCUT2D eigenvalue weighted by molar-refractivity contribution is 5.96. The minimum atomic E-state index is -1.17. The first-order valence-corrected chi connectivity index (χ1v) is 6.02. The first kappa shape index (κ1) is 13.1. The topological polar surface area (TPSA) is 92.5 Å². The molecule has 1 atom stereocenters. The van der Waals surface area contributed by atoms with E-state index < -0.39 is 10.9 Å². The number of rotatable bonds is 4. The van der Waals surface area contributed by atoms with Crippen molar-refractivity contribution in [3.05, 3.63) is 46.0 Å². The second kappa shape index (κ2) is 5.51. The Balaban J connectivity index is 2.37. The number of nitro groups is 1. The maximum Gasteiger partial charge on any atom is 0.338 e. The van der Waals surface area contributed by atoms with Crippen LogP contribution < -0.4 is 5.32 Å². The van der Waals surface area contributed by atoms with Gasteiger partial charge < -0.3 is 10.4 Å². The fourth-order valence-electron chi connectivity index (χ4n) is 2.15. The second-order valence-corrected chi connectivity index (χ2v) is 4.39. The number of nitro benzene ring substituents is 1. The largest absolute Gasteiger partial charge is 0.478 e. The molecule has 0 fully saturated rings. The van der Waals surface area contributed by atoms with Crippen LogP contribution in [0.5, 0.6) is 0 Å². The van der Waals surface area contributed by atoms with Gasteiger partial charge in [-0.15, -0.1) is 0 Å². The number of carboxylic acid groups (broad SMARTS) is 1. The number of nitrogens with zero attached hydrogens (tertiary/aromatic N) is 1. The lowest BCUT2D eigenvalue weighted by molar-refractivity contribution is -0.384. The second-order valence-electron chi connectivity index (χ2n) is 4.39. The van der Waals surface area contributed by atoms with E-state index in [1.165, 1.54) is 18.2 Å². The summed E-state index contributed by atoms with van der Waals surface area (Å²) >= 11 is 0. The Morgan fingerprint density at radius 3 is 2.79 bits per heavy atom. The van der Waals surface area contributed by atoms with Gasteiger partial charge >= 0.3 is 5.97 Å². The Kier molecular flexibility index (Phi) is 3.79. The molecule has 0 radical (unpaired) electrons. The van der Waals surface area contributed by atoms with Gasteiger partial charge in [-0.05, 0) is 25.3 Å². The molecule has 6 nitrogen and oxygen atoms in total. The van der Waals surface area contributed by atoms with Gasteiger partial charge in [0.1, 0.15) is 5.69 Å². The first-order chi connectivity index (χ1) is 9.09. The summed E-state index contributed by atoms with van der Waals surface area (Å²) in [5.41, 5.74) is -0.168. The van der Waals surface area contributed by atoms with Gasteiger partial charge in [0.05, 0.1) is 10.5 Å². The van der Waals surface area contributed by atoms with Crippen molar-refractivity contribution in [2.75, 3.05) is 5.32 Å². The monoisotopic (exact) mass is 262 g/mol. The molecule has 0 spiro atoms. The van der Waals surface area contributed by atoms with Crippen LogP contribution >= 0.6 is 0 Å². The molecule has 0 saturated carbocycles. The molecule has 0 heterocycles. The number of anilines is 1. The molecule has 0 bridgehead atoms. The van der Waals surface area contributed by atoms with Gasteiger partial charge in [-0.1, -0.05) is 18.2 Å². The predicted octanol–water partition coefficient (Wildman–Crippen LogP) is 2.81. The zero-order valence-electron chi connectivity index (χ0n) is 10.2. The van der Waals surface area contributed by atoms with E-state index in [1.807, 2.05) is 6.08 Å². The van der Waals surface area contributed by atoms with E-state index in [9.17, 15) is 14.9 Å². The molecule has 1 aliphatic rings. The van der Waals surface area contributed by atoms with Gasteiger partial charge in [-0.3, -0.25) is 10.1 Å². The molecule has 1 unspecified atom stereocenters. The summed E-state index contributed by atoms with van der Waals surface area (Å²) < 4.78 is 0. The van der Waals surface area contributed by atoms with Gasteiger partial charge in [0.2, 0.25) is 0 Å². The third kappa shape index (κ3) is 2.90. The molecule has 1 aromatic rings. The van der Waals surface area contributed by atoms with E-state index in [4.69, 9.17) is 5.11 Å². The molecule has 19 heavy (non-hydrogen) atoms. The van der Waals surface area contributed by atoms with E-state index in [-0.39, 0.29) is 23.0 Å². The van der Waals surface area contributed by atoms with Crippen molar-refractivity contribution in [3.8, 4) is 0 Å². The number of benzene rings is 1. The third-order valence-corrected chi connectivity index (χ3v) is 3.09. The average molecular weight is 262 g/mol. The lowest BCUT2D eigenvalue weighted by Gasteiger charge is -2.21. The van der Waals surface area contributed by atoms with E-state index in [2.05, 4.69) is 11.4 Å². The van der Waals surface area contributed by atoms with Crippen LogP contribution in [0.1, 0.15) is 29.6 Å². The van der Waals surface area contributed by atoms with Gasteiger partial charge in [-0.2, -0.15) is 0 Å². The number of nitrogens with one attached hydrogen (secondary N) is 1. The van der Waals surface area contributed by atoms with Crippen molar-refractivity contribution < 1.29 is 14.8 Å². The van der Waals surface area contributed by atoms with Gasteiger partial charge in [-0.25, -0.2) is 4.79 Å². The zero-order chi connectivity index (χ0) is 13.8. The highest BCUT2D eigenvalue weighted by atomic mass is 16.6. The SMILES string of the molecule is O=C(O)c1cccc([N+](=O)[O-])c1NC1CC=CCC1. The normalized spacial score (nSPS) is 18.0. The van der Waals surface area contributed by atoms with Crippen LogP contribution in [0.3, 0.4) is 0 Å². The van der Waals surface area contributed by atoms with Crippen LogP contribution in [-0.4, -0.2) is 22.0 Å². The lowest BCUT2D eigenvalue weighted by atomic mass is 10.0. The van der Waals surface area contributed by atoms with Crippen LogP contribution in [0, 0.1) is 10.1 Å². The van der Waals surface area contributed by atoms with Gasteiger partial charge in [0.15, 0.2) is 0 Å². The number of allylic oxidation sites excluding steroid dienone is 1. The summed E-state index contributed by atoms with van der Waals surface area (Å²) in [6.45, 7) is 0. The first-order valence-electron chi connectivity index (χ1n) is 6.02. The molecule has 1 aromatic carbocycles. The van der Waals surface area contributed by atoms with Crippen molar-refractivity contribution >= 4 is 17.3 Å². The van der Waals surface area contributed by atoms with Crippen molar-refractivity contribution in [3.63, 3.8) is 0 Å². The van der Waals surface area contributed by atoms with Gasteiger partial charge in [0, 0.05) is 12.1 Å². The standard InChI is InChI=1S/C13H14N2O4/c16-13(17)10-7-4-8-11(15(18)19)12(10)14-9-5-2-1-3-6-9/h1-2,4,7-9,14H,3,5-6H2,(H,16,17). The number of hydrogen-bond acceptors (Lipinski definition) is 4. The Bertz CT molecular complexity index is 507. The maximum atomic E-state index is 11.2. The highest BCUT2D eigenvalue weighted by Crippen LogP contribution is 2.30. The Morgan fingerprint density at radius 1 is 1.42 bits per heavy atom. The van der Waals surface area contributed by atoms with Crippen LogP contribution in [0.2, 0.25) is 0 Å². The number of aromatic carboxylic acids is 1. The van der Waals surface area contributed by atoms with Crippen LogP contribution in [-0.2, 0) is 0 Å². The van der Waals surface area contributed by atoms with Crippen molar-refractivity contribution in [2.24, 2.45) is 0 Å². The molecule has 2 N–H and O–H groups in total. The van der Waals surface area contributed by atoms with E-state index in [0.29, 0.717) is 0 Å². The smallest absolute Gasteiger partial charge is 0.338 e. The molecule has 0 aliphatic heterocycles. The van der Waals surface area contributed by atoms with E-state index in [1.54, 1.807) is 0 Å². The number of carbonyl (C=O) groups is 1. The molecular weight excluding hydrogens is 248 g/mol. The Morgan fingerprint density at radius 2 is 2.21 bits per heavy atom. The summed E-state index contributed by atoms with van der Waals surface area (Å²) in [6, 6.07) is 4.10. The van der Waals surface area contributed by atoms with Crippen molar-refractivity contribution in [1.82, 2.24) is 0 Å². The molecule has 2 rings (SSSR count). The average Bonchev–Trinajstić information content (AvgIpc) is 2.39. The summed E-state index contributed by atoms with van der Waals surface area (Å²) in [4.78, 5) is 21.6. The van der Waals surface area contributed by atoms with Crippen molar-refractivity contribution in [2.45, 2.75) is 25.3 Å². The molecular formula is C13H14N2O4. The summed E-state index contributed by atoms with van der Waals surface area (Å²) in [7, 11) is 0. The molecule has 6 heteroatoms. The zero-order valence-corrected chi connectivity index (χ0v) is 10.2. The molecule has 1 aliphatic carbocycles. The fourth-order valence-corrected chi connectivity index (χ4v) is 2.15. The lowest BCUT2D eigenvalue weighted by Crippen LogP contribution is -2.22. The summed E-state index contributed by atoms with van der Waals surface area (Å²) in [6.07, 6.45) is 6.51. The predicted molar refractivity (Wildman–Crippen MR) is 70.5 cm³/mol. The maximum absolute atomic E-state index is 11.2. The van der Waals surface area contributed by atoms with E-state index in [0.717, 1.165) is 19.3 Å². The molecule has 0 aromatic heterocycles. The van der Waals surface area contributed by atoms with Crippen LogP contribution in [0.4, 0.5) is 11.4 Å². The number of para-hydroxylation sites is 1. The quantitative estimate of drug-likeness (QED) is 0.494. The highest BCUT2D eigenvalue weighted by Gasteiger charge is 2.23. The fraction of sp³-hybridized carbons (Fsp3) is 0.308. The summed E-state index contributed by atoms with van der Waals surface area (Å²) in [5, 5.41) is 23.1. The Hall–Kier alpha value is -2.37. The molecule has 0 saturated heterocycles. The minimum Gasteiger partial charge on any atom is -0.478 e. The van der Waals surface area contributed by atoms with E-state index >= 15 is 0 Å². The minimum absolute atomic E-state index is 0.0317. The van der Waals surface area contributed by atoms with Crippen molar-refractivity contribution in [1.29, 1.82) is 0 Å². The number of carboxylic acids is 1.